The monoisotopic (exact) mass is 593 g/mol. The summed E-state index contributed by atoms with van der Waals surface area (Å²) in [5, 5.41) is 8.40. The molecule has 0 aliphatic heterocycles. The summed E-state index contributed by atoms with van der Waals surface area (Å²) in [7, 11) is 0. The first kappa shape index (κ1) is 27.1. The normalized spacial score (nSPS) is 14.4. The molecule has 0 spiro atoms. The number of hydrogen-bond donors (Lipinski definition) is 1. The smallest absolute Gasteiger partial charge is 0.340 e. The molecule has 0 saturated heterocycles. The lowest BCUT2D eigenvalue weighted by molar-refractivity contribution is -0.158. The van der Waals surface area contributed by atoms with Crippen molar-refractivity contribution in [2.24, 2.45) is 5.92 Å². The van der Waals surface area contributed by atoms with E-state index < -0.39 is 80.9 Å². The molecule has 17 heteroatoms. The van der Waals surface area contributed by atoms with Gasteiger partial charge >= 0.3 is 6.18 Å². The van der Waals surface area contributed by atoms with E-state index in [-0.39, 0.29) is 36.1 Å². The largest absolute Gasteiger partial charge is 0.408 e. The second-order valence-corrected chi connectivity index (χ2v) is 9.34. The zero-order valence-electron chi connectivity index (χ0n) is 20.7. The Balaban J connectivity index is 1.54. The summed E-state index contributed by atoms with van der Waals surface area (Å²) < 4.78 is 99.8. The third kappa shape index (κ3) is 4.75. The minimum atomic E-state index is -4.86. The van der Waals surface area contributed by atoms with Crippen LogP contribution in [0.25, 0.3) is 27.9 Å². The van der Waals surface area contributed by atoms with Crippen LogP contribution in [0.2, 0.25) is 0 Å². The van der Waals surface area contributed by atoms with Gasteiger partial charge in [-0.3, -0.25) is 14.2 Å². The number of alkyl halides is 3. The van der Waals surface area contributed by atoms with Crippen LogP contribution in [-0.2, 0) is 0 Å². The molecule has 1 aliphatic rings. The van der Waals surface area contributed by atoms with Crippen LogP contribution in [0.3, 0.4) is 0 Å². The summed E-state index contributed by atoms with van der Waals surface area (Å²) in [6.07, 6.45) is -2.63. The van der Waals surface area contributed by atoms with E-state index in [4.69, 9.17) is 4.84 Å². The molecule has 1 fully saturated rings. The lowest BCUT2D eigenvalue weighted by atomic mass is 10.1. The average molecular weight is 593 g/mol. The summed E-state index contributed by atoms with van der Waals surface area (Å²) in [4.78, 5) is 40.0. The zero-order valence-corrected chi connectivity index (χ0v) is 20.7. The van der Waals surface area contributed by atoms with E-state index in [0.717, 1.165) is 0 Å². The average Bonchev–Trinajstić information content (AvgIpc) is 3.68. The number of benzene rings is 1. The van der Waals surface area contributed by atoms with Crippen LogP contribution >= 0.6 is 0 Å². The first-order chi connectivity index (χ1) is 19.9. The third-order valence-corrected chi connectivity index (χ3v) is 6.45. The van der Waals surface area contributed by atoms with Crippen LogP contribution in [-0.4, -0.2) is 47.8 Å². The molecule has 1 amide bonds. The molecule has 1 aliphatic carbocycles. The van der Waals surface area contributed by atoms with Gasteiger partial charge in [-0.1, -0.05) is 4.85 Å². The number of pyridine rings is 3. The van der Waals surface area contributed by atoms with Crippen molar-refractivity contribution >= 4 is 28.1 Å². The third-order valence-electron chi connectivity index (χ3n) is 6.45. The van der Waals surface area contributed by atoms with Gasteiger partial charge in [0.2, 0.25) is 11.1 Å². The number of halogens is 7. The fourth-order valence-electron chi connectivity index (χ4n) is 4.37. The zero-order chi connectivity index (χ0) is 29.9. The maximum Gasteiger partial charge on any atom is 0.408 e. The van der Waals surface area contributed by atoms with E-state index in [2.05, 4.69) is 20.3 Å². The lowest BCUT2D eigenvalue weighted by Crippen LogP contribution is -2.48. The van der Waals surface area contributed by atoms with Crippen molar-refractivity contribution in [3.63, 3.8) is 0 Å². The Morgan fingerprint density at radius 2 is 1.76 bits per heavy atom. The lowest BCUT2D eigenvalue weighted by Gasteiger charge is -2.21. The van der Waals surface area contributed by atoms with Crippen molar-refractivity contribution in [3.8, 4) is 11.6 Å². The molecule has 0 radical (unpaired) electrons. The first-order valence-electron chi connectivity index (χ1n) is 12.1. The molecule has 0 bridgehead atoms. The van der Waals surface area contributed by atoms with Crippen LogP contribution in [0.5, 0.6) is 5.88 Å². The predicted molar refractivity (Wildman–Crippen MR) is 129 cm³/mol. The molecule has 1 atom stereocenters. The molecule has 1 unspecified atom stereocenters. The van der Waals surface area contributed by atoms with E-state index >= 15 is 4.39 Å². The summed E-state index contributed by atoms with van der Waals surface area (Å²) >= 11 is 0. The number of carbonyl (C=O) groups is 1. The molecule has 42 heavy (non-hydrogen) atoms. The van der Waals surface area contributed by atoms with Gasteiger partial charge in [0.1, 0.15) is 28.6 Å². The fraction of sp³-hybridized carbons (Fsp3) is 0.200. The predicted octanol–water partition coefficient (Wildman–Crippen LogP) is 3.99. The van der Waals surface area contributed by atoms with Gasteiger partial charge in [-0.05, 0) is 42.2 Å². The van der Waals surface area contributed by atoms with E-state index in [0.29, 0.717) is 21.7 Å². The summed E-state index contributed by atoms with van der Waals surface area (Å²) in [5.41, 5.74) is -3.81. The summed E-state index contributed by atoms with van der Waals surface area (Å²) in [6.45, 7) is 0. The van der Waals surface area contributed by atoms with Crippen molar-refractivity contribution in [2.45, 2.75) is 25.1 Å². The minimum Gasteiger partial charge on any atom is -0.340 e. The Hall–Kier alpha value is -5.09. The van der Waals surface area contributed by atoms with Crippen molar-refractivity contribution < 1.29 is 40.4 Å². The number of nitrogens with zero attached hydrogens (tertiary/aromatic N) is 6. The summed E-state index contributed by atoms with van der Waals surface area (Å²) in [5.74, 6) is -9.06. The van der Waals surface area contributed by atoms with Crippen molar-refractivity contribution in [3.05, 3.63) is 81.8 Å². The molecule has 10 nitrogen and oxygen atoms in total. The fourth-order valence-corrected chi connectivity index (χ4v) is 4.37. The second-order valence-electron chi connectivity index (χ2n) is 9.34. The van der Waals surface area contributed by atoms with Crippen LogP contribution in [0.15, 0.2) is 47.5 Å². The van der Waals surface area contributed by atoms with E-state index in [1.54, 1.807) is 5.32 Å². The van der Waals surface area contributed by atoms with Gasteiger partial charge in [-0.25, -0.2) is 22.5 Å². The van der Waals surface area contributed by atoms with E-state index in [9.17, 15) is 35.9 Å². The molecular weight excluding hydrogens is 579 g/mol. The van der Waals surface area contributed by atoms with Crippen LogP contribution in [0.4, 0.5) is 30.7 Å². The standard InChI is InChI=1S/C25H14F7N7O3/c26-11-6-14(27)18(15(28)7-11)38-9-13(23(41)34-20(10-3-4-10)25(30,31)32)19(40)12-8-16(29)24(35-21(12)38)42-39-22-17(36-37-39)2-1-5-33-22/h1-2,5-10,20H,3-4H2,(H,34,41). The van der Waals surface area contributed by atoms with Gasteiger partial charge in [-0.15, -0.1) is 5.10 Å². The number of hydrogen-bond acceptors (Lipinski definition) is 7. The van der Waals surface area contributed by atoms with Crippen LogP contribution in [0.1, 0.15) is 23.2 Å². The van der Waals surface area contributed by atoms with Crippen molar-refractivity contribution in [1.82, 2.24) is 35.0 Å². The molecule has 1 saturated carbocycles. The first-order valence-corrected chi connectivity index (χ1v) is 12.1. The van der Waals surface area contributed by atoms with Crippen molar-refractivity contribution in [1.29, 1.82) is 0 Å². The maximum atomic E-state index is 15.2. The Bertz CT molecular complexity index is 1930. The number of fused-ring (bicyclic) bond motifs is 2. The quantitative estimate of drug-likeness (QED) is 0.296. The highest BCUT2D eigenvalue weighted by molar-refractivity contribution is 5.97. The van der Waals surface area contributed by atoms with Crippen LogP contribution in [0, 0.1) is 29.2 Å². The maximum absolute atomic E-state index is 15.2. The minimum absolute atomic E-state index is 0.0220. The highest BCUT2D eigenvalue weighted by Gasteiger charge is 2.50. The van der Waals surface area contributed by atoms with E-state index in [1.807, 2.05) is 0 Å². The van der Waals surface area contributed by atoms with Gasteiger partial charge < -0.3 is 10.2 Å². The molecule has 216 valence electrons. The molecule has 1 N–H and O–H groups in total. The molecule has 4 aromatic heterocycles. The molecule has 6 rings (SSSR count). The Morgan fingerprint density at radius 1 is 1.05 bits per heavy atom. The van der Waals surface area contributed by atoms with Gasteiger partial charge in [0.25, 0.3) is 11.8 Å². The SMILES string of the molecule is O=C(NC(C1CC1)C(F)(F)F)c1cn(-c2c(F)cc(F)cc2F)c2nc(On3nnc4cccnc43)c(F)cc2c1=O. The van der Waals surface area contributed by atoms with Gasteiger partial charge in [0, 0.05) is 24.5 Å². The van der Waals surface area contributed by atoms with Crippen molar-refractivity contribution in [2.75, 3.05) is 0 Å². The number of amides is 1. The number of nitrogens with one attached hydrogen (secondary N) is 1. The van der Waals surface area contributed by atoms with Gasteiger partial charge in [0.15, 0.2) is 23.1 Å². The highest BCUT2D eigenvalue weighted by atomic mass is 19.4. The number of rotatable bonds is 6. The van der Waals surface area contributed by atoms with Gasteiger partial charge in [-0.2, -0.15) is 18.2 Å². The molecular formula is C25H14F7N7O3. The molecule has 4 heterocycles. The Labute approximate surface area is 228 Å². The summed E-state index contributed by atoms with van der Waals surface area (Å²) in [6, 6.07) is 1.82. The Kier molecular flexibility index (Phi) is 6.31. The highest BCUT2D eigenvalue weighted by Crippen LogP contribution is 2.40. The topological polar surface area (TPSA) is 117 Å². The number of aromatic nitrogens is 6. The molecule has 5 aromatic rings. The van der Waals surface area contributed by atoms with Crippen LogP contribution < -0.4 is 15.6 Å². The second kappa shape index (κ2) is 9.78. The molecule has 1 aromatic carbocycles. The van der Waals surface area contributed by atoms with Gasteiger partial charge in [0.05, 0.1) is 5.39 Å². The Morgan fingerprint density at radius 3 is 2.43 bits per heavy atom. The van der Waals surface area contributed by atoms with E-state index in [1.165, 1.54) is 18.3 Å². The number of carbonyl (C=O) groups excluding carboxylic acids is 1.